The van der Waals surface area contributed by atoms with Crippen molar-refractivity contribution in [2.45, 2.75) is 39.2 Å². The maximum absolute atomic E-state index is 8.88. The zero-order chi connectivity index (χ0) is 13.1. The van der Waals surface area contributed by atoms with Gasteiger partial charge in [0, 0.05) is 4.47 Å². The third-order valence-electron chi connectivity index (χ3n) is 3.50. The average Bonchev–Trinajstić information content (AvgIpc) is 2.27. The molecule has 0 spiro atoms. The van der Waals surface area contributed by atoms with Crippen molar-refractivity contribution in [2.75, 3.05) is 0 Å². The van der Waals surface area contributed by atoms with Crippen LogP contribution in [0.1, 0.15) is 38.7 Å². The lowest BCUT2D eigenvalue weighted by atomic mass is 9.82. The third-order valence-corrected chi connectivity index (χ3v) is 4.16. The van der Waals surface area contributed by atoms with Crippen LogP contribution >= 0.6 is 15.9 Å². The van der Waals surface area contributed by atoms with E-state index in [1.165, 1.54) is 6.42 Å². The van der Waals surface area contributed by atoms with Crippen LogP contribution in [-0.2, 0) is 0 Å². The van der Waals surface area contributed by atoms with Crippen LogP contribution in [0.4, 0.5) is 0 Å². The Bertz CT molecular complexity index is 456. The van der Waals surface area contributed by atoms with Crippen LogP contribution in [0.3, 0.4) is 0 Å². The maximum atomic E-state index is 8.88. The number of rotatable bonds is 2. The van der Waals surface area contributed by atoms with Crippen molar-refractivity contribution < 1.29 is 4.74 Å². The fourth-order valence-corrected chi connectivity index (χ4v) is 3.27. The van der Waals surface area contributed by atoms with E-state index in [-0.39, 0.29) is 0 Å². The Morgan fingerprint density at radius 1 is 1.22 bits per heavy atom. The molecule has 2 unspecified atom stereocenters. The van der Waals surface area contributed by atoms with Gasteiger partial charge in [-0.3, -0.25) is 0 Å². The highest BCUT2D eigenvalue weighted by Crippen LogP contribution is 2.32. The summed E-state index contributed by atoms with van der Waals surface area (Å²) in [5.74, 6) is 2.33. The predicted molar refractivity (Wildman–Crippen MR) is 75.5 cm³/mol. The molecule has 1 aliphatic carbocycles. The largest absolute Gasteiger partial charge is 0.490 e. The van der Waals surface area contributed by atoms with E-state index in [0.717, 1.165) is 34.9 Å². The average molecular weight is 308 g/mol. The predicted octanol–water partition coefficient (Wildman–Crippen LogP) is 4.52. The Morgan fingerprint density at radius 3 is 2.44 bits per heavy atom. The van der Waals surface area contributed by atoms with Crippen LogP contribution in [-0.4, -0.2) is 6.10 Å². The van der Waals surface area contributed by atoms with Crippen LogP contribution in [0.25, 0.3) is 0 Å². The van der Waals surface area contributed by atoms with Crippen molar-refractivity contribution in [2.24, 2.45) is 11.8 Å². The van der Waals surface area contributed by atoms with Gasteiger partial charge in [0.25, 0.3) is 0 Å². The summed E-state index contributed by atoms with van der Waals surface area (Å²) in [6.45, 7) is 4.58. The van der Waals surface area contributed by atoms with Gasteiger partial charge in [-0.2, -0.15) is 5.26 Å². The first-order valence-electron chi connectivity index (χ1n) is 6.44. The minimum atomic E-state index is 0.309. The van der Waals surface area contributed by atoms with Gasteiger partial charge in [0.2, 0.25) is 0 Å². The molecule has 0 saturated heterocycles. The molecule has 1 aromatic carbocycles. The normalized spacial score (nSPS) is 27.6. The monoisotopic (exact) mass is 307 g/mol. The summed E-state index contributed by atoms with van der Waals surface area (Å²) in [5.41, 5.74) is 0.646. The molecule has 0 aromatic heterocycles. The van der Waals surface area contributed by atoms with Crippen molar-refractivity contribution in [3.8, 4) is 11.8 Å². The topological polar surface area (TPSA) is 33.0 Å². The summed E-state index contributed by atoms with van der Waals surface area (Å²) >= 11 is 3.39. The van der Waals surface area contributed by atoms with E-state index in [9.17, 15) is 0 Å². The fraction of sp³-hybridized carbons (Fsp3) is 0.533. The van der Waals surface area contributed by atoms with Crippen LogP contribution in [0.2, 0.25) is 0 Å². The molecule has 1 aromatic rings. The second-order valence-electron chi connectivity index (χ2n) is 5.41. The minimum Gasteiger partial charge on any atom is -0.490 e. The summed E-state index contributed by atoms with van der Waals surface area (Å²) in [7, 11) is 0. The Kier molecular flexibility index (Phi) is 4.29. The van der Waals surface area contributed by atoms with E-state index in [1.807, 2.05) is 12.1 Å². The molecule has 18 heavy (non-hydrogen) atoms. The number of nitrogens with zero attached hydrogens (tertiary/aromatic N) is 1. The van der Waals surface area contributed by atoms with Gasteiger partial charge < -0.3 is 4.74 Å². The number of halogens is 1. The van der Waals surface area contributed by atoms with Gasteiger partial charge in [-0.05, 0) is 65.2 Å². The highest BCUT2D eigenvalue weighted by atomic mass is 79.9. The minimum absolute atomic E-state index is 0.309. The summed E-state index contributed by atoms with van der Waals surface area (Å²) in [6, 6.07) is 7.71. The second-order valence-corrected chi connectivity index (χ2v) is 6.27. The van der Waals surface area contributed by atoms with Crippen LogP contribution in [0.15, 0.2) is 22.7 Å². The molecule has 0 N–H and O–H groups in total. The first kappa shape index (κ1) is 13.4. The van der Waals surface area contributed by atoms with Gasteiger partial charge in [-0.15, -0.1) is 0 Å². The molecular weight excluding hydrogens is 290 g/mol. The first-order valence-corrected chi connectivity index (χ1v) is 7.24. The molecule has 2 nitrogen and oxygen atoms in total. The molecule has 1 fully saturated rings. The van der Waals surface area contributed by atoms with Crippen molar-refractivity contribution in [3.05, 3.63) is 28.2 Å². The summed E-state index contributed by atoms with van der Waals surface area (Å²) in [5, 5.41) is 8.88. The highest BCUT2D eigenvalue weighted by molar-refractivity contribution is 9.10. The lowest BCUT2D eigenvalue weighted by Crippen LogP contribution is -2.28. The molecule has 2 rings (SSSR count). The van der Waals surface area contributed by atoms with Gasteiger partial charge in [-0.25, -0.2) is 0 Å². The fourth-order valence-electron chi connectivity index (χ4n) is 2.82. The number of nitriles is 1. The second kappa shape index (κ2) is 5.75. The van der Waals surface area contributed by atoms with Crippen molar-refractivity contribution in [3.63, 3.8) is 0 Å². The van der Waals surface area contributed by atoms with Crippen molar-refractivity contribution in [1.82, 2.24) is 0 Å². The highest BCUT2D eigenvalue weighted by Gasteiger charge is 2.25. The molecule has 1 aliphatic rings. The van der Waals surface area contributed by atoms with Crippen LogP contribution in [0, 0.1) is 23.2 Å². The molecule has 0 heterocycles. The number of hydrogen-bond donors (Lipinski definition) is 0. The zero-order valence-corrected chi connectivity index (χ0v) is 12.4. The Morgan fingerprint density at radius 2 is 1.89 bits per heavy atom. The number of hydrogen-bond acceptors (Lipinski definition) is 2. The van der Waals surface area contributed by atoms with E-state index in [1.54, 1.807) is 6.07 Å². The smallest absolute Gasteiger partial charge is 0.120 e. The Labute approximate surface area is 117 Å². The summed E-state index contributed by atoms with van der Waals surface area (Å²) in [6.07, 6.45) is 3.87. The SMILES string of the molecule is CC1CC(C)CC(Oc2ccc(C#N)c(Br)c2)C1. The van der Waals surface area contributed by atoms with Crippen LogP contribution < -0.4 is 4.74 Å². The standard InChI is InChI=1S/C15H18BrNO/c1-10-5-11(2)7-14(6-10)18-13-4-3-12(9-17)15(16)8-13/h3-4,8,10-11,14H,5-7H2,1-2H3. The van der Waals surface area contributed by atoms with E-state index >= 15 is 0 Å². The Hall–Kier alpha value is -1.01. The molecule has 0 radical (unpaired) electrons. The molecule has 96 valence electrons. The molecule has 0 aliphatic heterocycles. The quantitative estimate of drug-likeness (QED) is 0.804. The van der Waals surface area contributed by atoms with Gasteiger partial charge in [-0.1, -0.05) is 13.8 Å². The first-order chi connectivity index (χ1) is 8.58. The number of ether oxygens (including phenoxy) is 1. The zero-order valence-electron chi connectivity index (χ0n) is 10.8. The lowest BCUT2D eigenvalue weighted by Gasteiger charge is -2.31. The third kappa shape index (κ3) is 3.26. The van der Waals surface area contributed by atoms with Gasteiger partial charge in [0.05, 0.1) is 11.7 Å². The van der Waals surface area contributed by atoms with Gasteiger partial charge >= 0.3 is 0 Å². The van der Waals surface area contributed by atoms with Crippen molar-refractivity contribution in [1.29, 1.82) is 5.26 Å². The van der Waals surface area contributed by atoms with Crippen molar-refractivity contribution >= 4 is 15.9 Å². The van der Waals surface area contributed by atoms with E-state index < -0.39 is 0 Å². The summed E-state index contributed by atoms with van der Waals surface area (Å²) in [4.78, 5) is 0. The number of benzene rings is 1. The lowest BCUT2D eigenvalue weighted by molar-refractivity contribution is 0.101. The van der Waals surface area contributed by atoms with E-state index in [2.05, 4.69) is 35.8 Å². The Balaban J connectivity index is 2.05. The van der Waals surface area contributed by atoms with Gasteiger partial charge in [0.15, 0.2) is 0 Å². The molecular formula is C15H18BrNO. The van der Waals surface area contributed by atoms with E-state index in [0.29, 0.717) is 11.7 Å². The molecule has 0 bridgehead atoms. The maximum Gasteiger partial charge on any atom is 0.120 e. The molecule has 1 saturated carbocycles. The molecule has 2 atom stereocenters. The van der Waals surface area contributed by atoms with E-state index in [4.69, 9.17) is 10.00 Å². The van der Waals surface area contributed by atoms with Gasteiger partial charge in [0.1, 0.15) is 11.8 Å². The molecule has 0 amide bonds. The molecule has 3 heteroatoms. The summed E-state index contributed by atoms with van der Waals surface area (Å²) < 4.78 is 6.84. The van der Waals surface area contributed by atoms with Crippen LogP contribution in [0.5, 0.6) is 5.75 Å².